The van der Waals surface area contributed by atoms with Crippen molar-refractivity contribution in [2.75, 3.05) is 7.11 Å². The van der Waals surface area contributed by atoms with Gasteiger partial charge in [-0.15, -0.1) is 0 Å². The summed E-state index contributed by atoms with van der Waals surface area (Å²) in [6.07, 6.45) is 0. The monoisotopic (exact) mass is 344 g/mol. The fraction of sp³-hybridized carbons (Fsp3) is 0.0455. The molecule has 0 N–H and O–H groups in total. The molecule has 0 saturated carbocycles. The highest BCUT2D eigenvalue weighted by molar-refractivity contribution is 8.04. The van der Waals surface area contributed by atoms with Crippen LogP contribution < -0.4 is 4.74 Å². The van der Waals surface area contributed by atoms with Crippen molar-refractivity contribution in [2.45, 2.75) is 4.90 Å². The Hall–Kier alpha value is -2.78. The van der Waals surface area contributed by atoms with Crippen molar-refractivity contribution in [1.82, 2.24) is 0 Å². The number of benzene rings is 3. The van der Waals surface area contributed by atoms with E-state index in [0.717, 1.165) is 26.5 Å². The molecular formula is C22H16O2S. The van der Waals surface area contributed by atoms with Crippen molar-refractivity contribution >= 4 is 23.1 Å². The molecule has 3 heteroatoms. The minimum Gasteiger partial charge on any atom is -0.496 e. The third-order valence-corrected chi connectivity index (χ3v) is 5.30. The topological polar surface area (TPSA) is 26.3 Å². The summed E-state index contributed by atoms with van der Waals surface area (Å²) in [5.41, 5.74) is 3.62. The molecule has 25 heavy (non-hydrogen) atoms. The number of rotatable bonds is 4. The number of ether oxygens (including phenoxy) is 1. The molecule has 1 aliphatic carbocycles. The van der Waals surface area contributed by atoms with E-state index in [2.05, 4.69) is 0 Å². The number of Topliss-reactive ketones (excluding diaryl/α,β-unsaturated/α-hetero) is 1. The molecule has 122 valence electrons. The smallest absolute Gasteiger partial charge is 0.204 e. The molecule has 0 fully saturated rings. The van der Waals surface area contributed by atoms with Gasteiger partial charge in [-0.25, -0.2) is 0 Å². The number of fused-ring (bicyclic) bond motifs is 1. The van der Waals surface area contributed by atoms with E-state index in [1.54, 1.807) is 7.11 Å². The zero-order chi connectivity index (χ0) is 17.2. The molecule has 0 heterocycles. The summed E-state index contributed by atoms with van der Waals surface area (Å²) in [4.78, 5) is 15.0. The van der Waals surface area contributed by atoms with Crippen molar-refractivity contribution in [1.29, 1.82) is 0 Å². The van der Waals surface area contributed by atoms with Gasteiger partial charge in [0.1, 0.15) is 5.75 Å². The van der Waals surface area contributed by atoms with E-state index in [-0.39, 0.29) is 5.78 Å². The van der Waals surface area contributed by atoms with Gasteiger partial charge in [0.15, 0.2) is 0 Å². The molecule has 1 aliphatic rings. The predicted octanol–water partition coefficient (Wildman–Crippen LogP) is 5.44. The van der Waals surface area contributed by atoms with E-state index in [0.29, 0.717) is 11.3 Å². The van der Waals surface area contributed by atoms with Gasteiger partial charge in [-0.3, -0.25) is 4.79 Å². The average molecular weight is 344 g/mol. The van der Waals surface area contributed by atoms with Crippen molar-refractivity contribution in [2.24, 2.45) is 0 Å². The van der Waals surface area contributed by atoms with Crippen molar-refractivity contribution < 1.29 is 9.53 Å². The number of allylic oxidation sites excluding steroid dienone is 1. The highest BCUT2D eigenvalue weighted by Crippen LogP contribution is 2.47. The zero-order valence-corrected chi connectivity index (χ0v) is 14.5. The lowest BCUT2D eigenvalue weighted by molar-refractivity contribution is 0.104. The molecule has 0 aromatic heterocycles. The number of thioether (sulfide) groups is 1. The summed E-state index contributed by atoms with van der Waals surface area (Å²) >= 11 is 1.51. The van der Waals surface area contributed by atoms with E-state index in [1.165, 1.54) is 11.8 Å². The Morgan fingerprint density at radius 2 is 1.48 bits per heavy atom. The first-order valence-corrected chi connectivity index (χ1v) is 8.86. The lowest BCUT2D eigenvalue weighted by atomic mass is 9.99. The van der Waals surface area contributed by atoms with Crippen LogP contribution in [0.4, 0.5) is 0 Å². The number of ketones is 1. The van der Waals surface area contributed by atoms with Crippen LogP contribution in [0.2, 0.25) is 0 Å². The van der Waals surface area contributed by atoms with E-state index in [1.807, 2.05) is 78.9 Å². The van der Waals surface area contributed by atoms with Crippen molar-refractivity contribution in [3.63, 3.8) is 0 Å². The second-order valence-corrected chi connectivity index (χ2v) is 6.78. The largest absolute Gasteiger partial charge is 0.496 e. The molecule has 0 saturated heterocycles. The minimum atomic E-state index is 0.0279. The first kappa shape index (κ1) is 15.7. The number of carbonyl (C=O) groups excluding carboxylic acids is 1. The summed E-state index contributed by atoms with van der Waals surface area (Å²) in [5, 5.41) is 0. The maximum absolute atomic E-state index is 13.2. The van der Waals surface area contributed by atoms with Crippen LogP contribution in [0.15, 0.2) is 88.7 Å². The Morgan fingerprint density at radius 3 is 2.16 bits per heavy atom. The number of methoxy groups -OCH3 is 1. The molecule has 3 aromatic carbocycles. The first-order valence-electron chi connectivity index (χ1n) is 8.04. The van der Waals surface area contributed by atoms with Gasteiger partial charge in [0.2, 0.25) is 5.78 Å². The van der Waals surface area contributed by atoms with Gasteiger partial charge in [-0.05, 0) is 29.3 Å². The Labute approximate surface area is 151 Å². The van der Waals surface area contributed by atoms with Gasteiger partial charge >= 0.3 is 0 Å². The van der Waals surface area contributed by atoms with Gasteiger partial charge in [0.05, 0.1) is 17.6 Å². The Balaban J connectivity index is 1.92. The quantitative estimate of drug-likeness (QED) is 0.630. The summed E-state index contributed by atoms with van der Waals surface area (Å²) < 4.78 is 5.45. The van der Waals surface area contributed by atoms with Crippen LogP contribution in [0.1, 0.15) is 21.5 Å². The third-order valence-electron chi connectivity index (χ3n) is 4.20. The second kappa shape index (κ2) is 6.61. The van der Waals surface area contributed by atoms with Crippen molar-refractivity contribution in [3.8, 4) is 5.75 Å². The summed E-state index contributed by atoms with van der Waals surface area (Å²) in [6.45, 7) is 0. The average Bonchev–Trinajstić information content (AvgIpc) is 2.95. The Kier molecular flexibility index (Phi) is 4.16. The summed E-state index contributed by atoms with van der Waals surface area (Å²) in [7, 11) is 1.60. The molecular weight excluding hydrogens is 328 g/mol. The molecule has 0 aliphatic heterocycles. The third kappa shape index (κ3) is 2.77. The first-order chi connectivity index (χ1) is 12.3. The number of hydrogen-bond donors (Lipinski definition) is 0. The van der Waals surface area contributed by atoms with Crippen LogP contribution in [-0.2, 0) is 0 Å². The molecule has 2 nitrogen and oxygen atoms in total. The maximum atomic E-state index is 13.2. The highest BCUT2D eigenvalue weighted by atomic mass is 32.2. The molecule has 0 unspecified atom stereocenters. The molecule has 0 spiro atoms. The predicted molar refractivity (Wildman–Crippen MR) is 102 cm³/mol. The molecule has 0 bridgehead atoms. The lowest BCUT2D eigenvalue weighted by Crippen LogP contribution is -2.00. The van der Waals surface area contributed by atoms with Crippen LogP contribution in [0.5, 0.6) is 5.75 Å². The molecule has 0 radical (unpaired) electrons. The van der Waals surface area contributed by atoms with Gasteiger partial charge < -0.3 is 4.74 Å². The minimum absolute atomic E-state index is 0.0279. The lowest BCUT2D eigenvalue weighted by Gasteiger charge is -2.08. The van der Waals surface area contributed by atoms with Gasteiger partial charge in [0, 0.05) is 10.5 Å². The normalized spacial score (nSPS) is 13.1. The van der Waals surface area contributed by atoms with Crippen molar-refractivity contribution in [3.05, 3.63) is 100 Å². The number of carbonyl (C=O) groups is 1. The highest BCUT2D eigenvalue weighted by Gasteiger charge is 2.33. The SMILES string of the molecule is COc1cccc2c1C(=O)C(Sc1ccccc1)=C2c1ccccc1. The molecule has 4 rings (SSSR count). The van der Waals surface area contributed by atoms with E-state index < -0.39 is 0 Å². The van der Waals surface area contributed by atoms with Crippen LogP contribution in [0, 0.1) is 0 Å². The van der Waals surface area contributed by atoms with Crippen LogP contribution in [0.25, 0.3) is 5.57 Å². The Bertz CT molecular complexity index is 960. The van der Waals surface area contributed by atoms with E-state index >= 15 is 0 Å². The molecule has 0 atom stereocenters. The summed E-state index contributed by atoms with van der Waals surface area (Å²) in [6, 6.07) is 25.8. The fourth-order valence-electron chi connectivity index (χ4n) is 3.09. The molecule has 3 aromatic rings. The van der Waals surface area contributed by atoms with E-state index in [4.69, 9.17) is 4.74 Å². The van der Waals surface area contributed by atoms with Gasteiger partial charge in [-0.2, -0.15) is 0 Å². The Morgan fingerprint density at radius 1 is 0.800 bits per heavy atom. The van der Waals surface area contributed by atoms with E-state index in [9.17, 15) is 4.79 Å². The van der Waals surface area contributed by atoms with Gasteiger partial charge in [0.25, 0.3) is 0 Å². The zero-order valence-electron chi connectivity index (χ0n) is 13.7. The molecule has 0 amide bonds. The standard InChI is InChI=1S/C22H16O2S/c1-24-18-14-8-13-17-19(15-9-4-2-5-10-15)22(21(23)20(17)18)25-16-11-6-3-7-12-16/h2-14H,1H3. The summed E-state index contributed by atoms with van der Waals surface area (Å²) in [5.74, 6) is 0.653. The van der Waals surface area contributed by atoms with Crippen LogP contribution in [-0.4, -0.2) is 12.9 Å². The van der Waals surface area contributed by atoms with Gasteiger partial charge in [-0.1, -0.05) is 72.4 Å². The number of hydrogen-bond acceptors (Lipinski definition) is 3. The fourth-order valence-corrected chi connectivity index (χ4v) is 4.14. The van der Waals surface area contributed by atoms with Crippen LogP contribution >= 0.6 is 11.8 Å². The maximum Gasteiger partial charge on any atom is 0.204 e. The van der Waals surface area contributed by atoms with Crippen LogP contribution in [0.3, 0.4) is 0 Å². The second-order valence-electron chi connectivity index (χ2n) is 5.70.